The summed E-state index contributed by atoms with van der Waals surface area (Å²) in [6.45, 7) is 5.96. The van der Waals surface area contributed by atoms with E-state index in [-0.39, 0.29) is 12.4 Å². The molecule has 1 aromatic carbocycles. The highest BCUT2D eigenvalue weighted by Crippen LogP contribution is 2.15. The minimum atomic E-state index is -0.236. The van der Waals surface area contributed by atoms with Gasteiger partial charge in [-0.2, -0.15) is 0 Å². The molecule has 1 atom stereocenters. The van der Waals surface area contributed by atoms with Crippen molar-refractivity contribution in [1.29, 1.82) is 0 Å². The summed E-state index contributed by atoms with van der Waals surface area (Å²) in [4.78, 5) is 0. The molecular weight excluding hydrogens is 241 g/mol. The van der Waals surface area contributed by atoms with Gasteiger partial charge < -0.3 is 10.5 Å². The van der Waals surface area contributed by atoms with Crippen molar-refractivity contribution in [3.8, 4) is 0 Å². The molecule has 0 aromatic heterocycles. The van der Waals surface area contributed by atoms with Crippen LogP contribution >= 0.6 is 0 Å². The molecular formula is C16H26FNO. The summed E-state index contributed by atoms with van der Waals surface area (Å²) < 4.78 is 19.0. The fourth-order valence-electron chi connectivity index (χ4n) is 2.12. The van der Waals surface area contributed by atoms with Gasteiger partial charge in [0.2, 0.25) is 0 Å². The van der Waals surface area contributed by atoms with E-state index in [1.165, 1.54) is 25.3 Å². The molecule has 0 aliphatic heterocycles. The lowest BCUT2D eigenvalue weighted by atomic mass is 10.0. The molecule has 1 aromatic rings. The Morgan fingerprint density at radius 1 is 1.32 bits per heavy atom. The van der Waals surface area contributed by atoms with Crippen LogP contribution in [0.1, 0.15) is 50.7 Å². The number of rotatable bonds is 9. The predicted molar refractivity (Wildman–Crippen MR) is 77.3 cm³/mol. The van der Waals surface area contributed by atoms with Crippen LogP contribution in [0.3, 0.4) is 0 Å². The summed E-state index contributed by atoms with van der Waals surface area (Å²) in [5.74, 6) is 0.398. The number of ether oxygens (including phenoxy) is 1. The Labute approximate surface area is 116 Å². The molecule has 108 valence electrons. The Kier molecular flexibility index (Phi) is 7.68. The molecule has 0 radical (unpaired) electrons. The second-order valence-corrected chi connectivity index (χ2v) is 5.06. The van der Waals surface area contributed by atoms with E-state index in [0.29, 0.717) is 18.1 Å². The zero-order chi connectivity index (χ0) is 14.1. The predicted octanol–water partition coefficient (Wildman–Crippen LogP) is 4.02. The van der Waals surface area contributed by atoms with Crippen LogP contribution in [0.25, 0.3) is 0 Å². The number of unbranched alkanes of at least 4 members (excludes halogenated alkanes) is 1. The van der Waals surface area contributed by atoms with E-state index in [4.69, 9.17) is 10.5 Å². The summed E-state index contributed by atoms with van der Waals surface area (Å²) in [6.07, 6.45) is 4.87. The van der Waals surface area contributed by atoms with Gasteiger partial charge >= 0.3 is 0 Å². The largest absolute Gasteiger partial charge is 0.376 e. The van der Waals surface area contributed by atoms with Crippen LogP contribution in [0.2, 0.25) is 0 Å². The Bertz CT molecular complexity index is 368. The molecule has 0 saturated carbocycles. The Hall–Kier alpha value is -0.930. The van der Waals surface area contributed by atoms with Gasteiger partial charge in [-0.05, 0) is 30.0 Å². The maximum atomic E-state index is 13.3. The van der Waals surface area contributed by atoms with Crippen LogP contribution in [0.15, 0.2) is 18.2 Å². The maximum absolute atomic E-state index is 13.3. The van der Waals surface area contributed by atoms with Crippen molar-refractivity contribution >= 4 is 0 Å². The van der Waals surface area contributed by atoms with Crippen molar-refractivity contribution in [3.05, 3.63) is 35.1 Å². The summed E-state index contributed by atoms with van der Waals surface area (Å²) in [5.41, 5.74) is 7.04. The van der Waals surface area contributed by atoms with Crippen molar-refractivity contribution < 1.29 is 9.13 Å². The van der Waals surface area contributed by atoms with Crippen LogP contribution in [0.5, 0.6) is 0 Å². The highest BCUT2D eigenvalue weighted by molar-refractivity contribution is 5.24. The summed E-state index contributed by atoms with van der Waals surface area (Å²) >= 11 is 0. The minimum absolute atomic E-state index is 0.230. The molecule has 3 heteroatoms. The molecule has 0 aliphatic carbocycles. The van der Waals surface area contributed by atoms with E-state index in [2.05, 4.69) is 13.8 Å². The molecule has 2 nitrogen and oxygen atoms in total. The quantitative estimate of drug-likeness (QED) is 0.733. The molecule has 0 bridgehead atoms. The molecule has 0 spiro atoms. The van der Waals surface area contributed by atoms with Crippen LogP contribution in [0, 0.1) is 11.7 Å². The summed E-state index contributed by atoms with van der Waals surface area (Å²) in [6, 6.07) is 5.03. The first-order valence-electron chi connectivity index (χ1n) is 7.26. The first-order valence-corrected chi connectivity index (χ1v) is 7.26. The van der Waals surface area contributed by atoms with Gasteiger partial charge in [-0.1, -0.05) is 39.2 Å². The van der Waals surface area contributed by atoms with Crippen molar-refractivity contribution in [3.63, 3.8) is 0 Å². The van der Waals surface area contributed by atoms with Gasteiger partial charge in [-0.15, -0.1) is 0 Å². The smallest absolute Gasteiger partial charge is 0.127 e. The fraction of sp³-hybridized carbons (Fsp3) is 0.625. The monoisotopic (exact) mass is 267 g/mol. The first kappa shape index (κ1) is 16.1. The summed E-state index contributed by atoms with van der Waals surface area (Å²) in [5, 5.41) is 0. The zero-order valence-corrected chi connectivity index (χ0v) is 12.1. The third-order valence-electron chi connectivity index (χ3n) is 3.50. The van der Waals surface area contributed by atoms with Gasteiger partial charge in [0.25, 0.3) is 0 Å². The topological polar surface area (TPSA) is 35.2 Å². The molecule has 0 heterocycles. The van der Waals surface area contributed by atoms with E-state index in [1.54, 1.807) is 12.1 Å². The van der Waals surface area contributed by atoms with Crippen LogP contribution < -0.4 is 5.73 Å². The number of hydrogen-bond acceptors (Lipinski definition) is 2. The van der Waals surface area contributed by atoms with Crippen molar-refractivity contribution in [1.82, 2.24) is 0 Å². The highest BCUT2D eigenvalue weighted by Gasteiger charge is 2.07. The molecule has 2 N–H and O–H groups in total. The highest BCUT2D eigenvalue weighted by atomic mass is 19.1. The number of hydrogen-bond donors (Lipinski definition) is 1. The SMILES string of the molecule is CCCCC(CC)COCc1ccc(F)c(CN)c1. The van der Waals surface area contributed by atoms with E-state index in [1.807, 2.05) is 0 Å². The third kappa shape index (κ3) is 5.70. The minimum Gasteiger partial charge on any atom is -0.376 e. The maximum Gasteiger partial charge on any atom is 0.127 e. The molecule has 0 aliphatic rings. The fourth-order valence-corrected chi connectivity index (χ4v) is 2.12. The van der Waals surface area contributed by atoms with Gasteiger partial charge in [-0.25, -0.2) is 4.39 Å². The van der Waals surface area contributed by atoms with E-state index in [9.17, 15) is 4.39 Å². The van der Waals surface area contributed by atoms with E-state index in [0.717, 1.165) is 18.6 Å². The molecule has 0 amide bonds. The van der Waals surface area contributed by atoms with Gasteiger partial charge in [0.05, 0.1) is 6.61 Å². The number of nitrogens with two attached hydrogens (primary N) is 1. The standard InChI is InChI=1S/C16H26FNO/c1-3-5-6-13(4-2)11-19-12-14-7-8-16(17)15(9-14)10-18/h7-9,13H,3-6,10-12,18H2,1-2H3. The van der Waals surface area contributed by atoms with Gasteiger partial charge in [0.15, 0.2) is 0 Å². The molecule has 0 saturated heterocycles. The number of halogens is 1. The van der Waals surface area contributed by atoms with Gasteiger partial charge in [-0.3, -0.25) is 0 Å². The molecule has 0 fully saturated rings. The number of benzene rings is 1. The van der Waals surface area contributed by atoms with Gasteiger partial charge in [0, 0.05) is 18.7 Å². The lowest BCUT2D eigenvalue weighted by Crippen LogP contribution is -2.09. The zero-order valence-electron chi connectivity index (χ0n) is 12.1. The van der Waals surface area contributed by atoms with Crippen molar-refractivity contribution in [2.45, 2.75) is 52.7 Å². The average molecular weight is 267 g/mol. The van der Waals surface area contributed by atoms with E-state index >= 15 is 0 Å². The van der Waals surface area contributed by atoms with Crippen LogP contribution in [-0.4, -0.2) is 6.61 Å². The Morgan fingerprint density at radius 2 is 2.11 bits per heavy atom. The van der Waals surface area contributed by atoms with Crippen molar-refractivity contribution in [2.24, 2.45) is 11.7 Å². The Morgan fingerprint density at radius 3 is 2.74 bits per heavy atom. The second-order valence-electron chi connectivity index (χ2n) is 5.06. The van der Waals surface area contributed by atoms with Gasteiger partial charge in [0.1, 0.15) is 5.82 Å². The Balaban J connectivity index is 2.39. The lowest BCUT2D eigenvalue weighted by Gasteiger charge is -2.15. The normalized spacial score (nSPS) is 12.6. The molecule has 1 rings (SSSR count). The molecule has 1 unspecified atom stereocenters. The third-order valence-corrected chi connectivity index (χ3v) is 3.50. The molecule has 19 heavy (non-hydrogen) atoms. The van der Waals surface area contributed by atoms with Crippen LogP contribution in [0.4, 0.5) is 4.39 Å². The van der Waals surface area contributed by atoms with Crippen molar-refractivity contribution in [2.75, 3.05) is 6.61 Å². The van der Waals surface area contributed by atoms with E-state index < -0.39 is 0 Å². The second kappa shape index (κ2) is 9.05. The average Bonchev–Trinajstić information content (AvgIpc) is 2.44. The lowest BCUT2D eigenvalue weighted by molar-refractivity contribution is 0.0819. The first-order chi connectivity index (χ1) is 9.21. The van der Waals surface area contributed by atoms with Crippen LogP contribution in [-0.2, 0) is 17.9 Å². The summed E-state index contributed by atoms with van der Waals surface area (Å²) in [7, 11) is 0.